The number of hydrogen-bond acceptors (Lipinski definition) is 1. The average Bonchev–Trinajstić information content (AvgIpc) is 2.30. The molecule has 118 valence electrons. The summed E-state index contributed by atoms with van der Waals surface area (Å²) < 4.78 is 64.8. The molecular weight excluding hydrogens is 337 g/mol. The van der Waals surface area contributed by atoms with Gasteiger partial charge in [-0.2, -0.15) is 0 Å². The van der Waals surface area contributed by atoms with Crippen molar-refractivity contribution in [3.05, 3.63) is 54.6 Å². The Bertz CT molecular complexity index is 571. The normalized spacial score (nSPS) is 14.2. The molecular formula is C12H11F6OPS. The Morgan fingerprint density at radius 2 is 1.05 bits per heavy atom. The molecule has 0 radical (unpaired) electrons. The summed E-state index contributed by atoms with van der Waals surface area (Å²) in [4.78, 5) is 1.05. The fourth-order valence-electron chi connectivity index (χ4n) is 1.15. The van der Waals surface area contributed by atoms with Crippen molar-refractivity contribution in [3.8, 4) is 11.5 Å². The van der Waals surface area contributed by atoms with Crippen LogP contribution in [0.3, 0.4) is 0 Å². The van der Waals surface area contributed by atoms with Crippen LogP contribution in [0.2, 0.25) is 0 Å². The first-order valence-electron chi connectivity index (χ1n) is 5.40. The zero-order valence-electron chi connectivity index (χ0n) is 10.3. The molecule has 0 saturated carbocycles. The Labute approximate surface area is 122 Å². The van der Waals surface area contributed by atoms with Gasteiger partial charge < -0.3 is 4.74 Å². The molecule has 0 fully saturated rings. The zero-order valence-corrected chi connectivity index (χ0v) is 12.2. The van der Waals surface area contributed by atoms with Crippen LogP contribution in [0.15, 0.2) is 59.5 Å². The van der Waals surface area contributed by atoms with Crippen LogP contribution >= 0.6 is 7.81 Å². The van der Waals surface area contributed by atoms with Crippen LogP contribution in [-0.2, 0) is 12.6 Å². The first-order chi connectivity index (χ1) is 9.29. The minimum absolute atomic E-state index is 0.846. The Hall–Kier alpha value is -1.40. The van der Waals surface area contributed by atoms with E-state index >= 15 is 0 Å². The molecule has 0 unspecified atom stereocenters. The smallest absolute Gasteiger partial charge is 0.150 e. The molecule has 2 rings (SSSR count). The number of ether oxygens (including phenoxy) is 1. The van der Waals surface area contributed by atoms with Crippen molar-refractivity contribution in [1.29, 1.82) is 0 Å². The summed E-state index contributed by atoms with van der Waals surface area (Å²) in [6.45, 7) is 0. The SMILES string of the molecule is F[P-](F)(F)(F)(F)F.[SH2+]c1ccc(Oc2ccccc2)cc1. The fourth-order valence-corrected chi connectivity index (χ4v) is 1.31. The van der Waals surface area contributed by atoms with E-state index in [1.165, 1.54) is 0 Å². The van der Waals surface area contributed by atoms with Gasteiger partial charge in [0.2, 0.25) is 0 Å². The standard InChI is InChI=1S/C12H10OS.F6P/c14-12-8-6-11(7-9-12)13-10-4-2-1-3-5-10;1-7(2,3,4,5)6/h1-9,14H;/q;-1/p+1. The molecule has 1 nitrogen and oxygen atoms in total. The summed E-state index contributed by atoms with van der Waals surface area (Å²) in [6.07, 6.45) is 0. The second-order valence-electron chi connectivity index (χ2n) is 3.90. The van der Waals surface area contributed by atoms with Crippen molar-refractivity contribution in [3.63, 3.8) is 0 Å². The molecule has 0 aliphatic carbocycles. The molecule has 0 aromatic heterocycles. The molecule has 0 aliphatic rings. The van der Waals surface area contributed by atoms with Crippen LogP contribution in [0.25, 0.3) is 0 Å². The van der Waals surface area contributed by atoms with Crippen molar-refractivity contribution in [2.45, 2.75) is 4.90 Å². The molecule has 9 heteroatoms. The van der Waals surface area contributed by atoms with Crippen LogP contribution in [0.4, 0.5) is 25.2 Å². The molecule has 0 spiro atoms. The van der Waals surface area contributed by atoms with Gasteiger partial charge in [0.05, 0.1) is 0 Å². The number of para-hydroxylation sites is 1. The maximum Gasteiger partial charge on any atom is 0.150 e. The summed E-state index contributed by atoms with van der Waals surface area (Å²) in [5.74, 6) is 1.70. The summed E-state index contributed by atoms with van der Waals surface area (Å²) in [7, 11) is -10.7. The monoisotopic (exact) mass is 348 g/mol. The van der Waals surface area contributed by atoms with Crippen LogP contribution in [0.5, 0.6) is 11.5 Å². The van der Waals surface area contributed by atoms with Gasteiger partial charge in [-0.25, -0.2) is 0 Å². The van der Waals surface area contributed by atoms with Crippen LogP contribution in [0, 0.1) is 0 Å². The molecule has 0 amide bonds. The van der Waals surface area contributed by atoms with E-state index in [-0.39, 0.29) is 0 Å². The van der Waals surface area contributed by atoms with Crippen molar-refractivity contribution in [1.82, 2.24) is 0 Å². The number of hydrogen-bond donors (Lipinski definition) is 0. The minimum atomic E-state index is -10.7. The van der Waals surface area contributed by atoms with Crippen LogP contribution in [-0.4, -0.2) is 0 Å². The van der Waals surface area contributed by atoms with Gasteiger partial charge in [-0.05, 0) is 49.0 Å². The van der Waals surface area contributed by atoms with Crippen molar-refractivity contribution < 1.29 is 29.9 Å². The predicted molar refractivity (Wildman–Crippen MR) is 74.9 cm³/mol. The number of halogens is 6. The molecule has 2 aromatic rings. The minimum Gasteiger partial charge on any atom is -0.457 e. The summed E-state index contributed by atoms with van der Waals surface area (Å²) in [6, 6.07) is 17.5. The Morgan fingerprint density at radius 3 is 1.48 bits per heavy atom. The van der Waals surface area contributed by atoms with Gasteiger partial charge in [-0.3, -0.25) is 0 Å². The van der Waals surface area contributed by atoms with Crippen LogP contribution < -0.4 is 4.74 Å². The topological polar surface area (TPSA) is 9.23 Å². The van der Waals surface area contributed by atoms with Gasteiger partial charge in [-0.1, -0.05) is 18.2 Å². The molecule has 0 N–H and O–H groups in total. The largest absolute Gasteiger partial charge is 0.457 e. The van der Waals surface area contributed by atoms with Gasteiger partial charge in [-0.15, -0.1) is 0 Å². The van der Waals surface area contributed by atoms with Gasteiger partial charge in [0, 0.05) is 0 Å². The quantitative estimate of drug-likeness (QED) is 0.355. The molecule has 0 heterocycles. The van der Waals surface area contributed by atoms with E-state index in [4.69, 9.17) is 4.74 Å². The predicted octanol–water partition coefficient (Wildman–Crippen LogP) is 6.23. The maximum absolute atomic E-state index is 10.7. The van der Waals surface area contributed by atoms with E-state index in [1.807, 2.05) is 54.6 Å². The van der Waals surface area contributed by atoms with Crippen molar-refractivity contribution >= 4 is 20.4 Å². The van der Waals surface area contributed by atoms with E-state index < -0.39 is 7.81 Å². The van der Waals surface area contributed by atoms with E-state index in [0.717, 1.165) is 16.4 Å². The summed E-state index contributed by atoms with van der Waals surface area (Å²) >= 11 is 3.42. The first kappa shape index (κ1) is 17.7. The van der Waals surface area contributed by atoms with Gasteiger partial charge in [0.15, 0.2) is 4.90 Å². The Kier molecular flexibility index (Phi) is 4.56. The van der Waals surface area contributed by atoms with Gasteiger partial charge in [0.25, 0.3) is 0 Å². The number of rotatable bonds is 2. The third-order valence-electron chi connectivity index (χ3n) is 1.83. The molecule has 0 saturated heterocycles. The molecule has 21 heavy (non-hydrogen) atoms. The summed E-state index contributed by atoms with van der Waals surface area (Å²) in [5, 5.41) is 0. The average molecular weight is 348 g/mol. The molecule has 0 bridgehead atoms. The molecule has 0 aliphatic heterocycles. The van der Waals surface area contributed by atoms with Gasteiger partial charge in [0.1, 0.15) is 11.5 Å². The second kappa shape index (κ2) is 5.42. The second-order valence-corrected chi connectivity index (χ2v) is 6.39. The van der Waals surface area contributed by atoms with Crippen LogP contribution in [0.1, 0.15) is 0 Å². The fraction of sp³-hybridized carbons (Fsp3) is 0. The zero-order chi connectivity index (χ0) is 16.2. The maximum atomic E-state index is 9.87. The molecule has 2 aromatic carbocycles. The van der Waals surface area contributed by atoms with E-state index in [9.17, 15) is 25.2 Å². The Morgan fingerprint density at radius 1 is 0.667 bits per heavy atom. The van der Waals surface area contributed by atoms with Gasteiger partial charge >= 0.3 is 33.0 Å². The Balaban J connectivity index is 0.000000270. The number of benzene rings is 2. The van der Waals surface area contributed by atoms with Crippen molar-refractivity contribution in [2.24, 2.45) is 0 Å². The van der Waals surface area contributed by atoms with E-state index in [2.05, 4.69) is 12.6 Å². The third kappa shape index (κ3) is 12.1. The summed E-state index contributed by atoms with van der Waals surface area (Å²) in [5.41, 5.74) is 0. The van der Waals surface area contributed by atoms with E-state index in [1.54, 1.807) is 0 Å². The third-order valence-corrected chi connectivity index (χ3v) is 2.17. The first-order valence-corrected chi connectivity index (χ1v) is 7.93. The van der Waals surface area contributed by atoms with E-state index in [0.29, 0.717) is 0 Å². The van der Waals surface area contributed by atoms with Crippen molar-refractivity contribution in [2.75, 3.05) is 0 Å². The molecule has 0 atom stereocenters.